The van der Waals surface area contributed by atoms with Crippen molar-refractivity contribution in [3.63, 3.8) is 0 Å². The van der Waals surface area contributed by atoms with E-state index in [9.17, 15) is 4.79 Å². The van der Waals surface area contributed by atoms with Crippen molar-refractivity contribution in [3.8, 4) is 0 Å². The summed E-state index contributed by atoms with van der Waals surface area (Å²) in [5.74, 6) is 0.149. The van der Waals surface area contributed by atoms with Gasteiger partial charge in [0.05, 0.1) is 24.1 Å². The van der Waals surface area contributed by atoms with E-state index < -0.39 is 0 Å². The molecule has 0 saturated carbocycles. The quantitative estimate of drug-likeness (QED) is 0.858. The van der Waals surface area contributed by atoms with Crippen molar-refractivity contribution in [3.05, 3.63) is 24.0 Å². The van der Waals surface area contributed by atoms with Crippen LogP contribution in [0.1, 0.15) is 25.1 Å². The van der Waals surface area contributed by atoms with E-state index >= 15 is 0 Å². The van der Waals surface area contributed by atoms with Crippen molar-refractivity contribution < 1.29 is 4.79 Å². The number of aromatic nitrogens is 1. The van der Waals surface area contributed by atoms with Gasteiger partial charge < -0.3 is 15.5 Å². The fraction of sp³-hybridized carbons (Fsp3) is 0.538. The van der Waals surface area contributed by atoms with Gasteiger partial charge in [-0.15, -0.1) is 0 Å². The van der Waals surface area contributed by atoms with Crippen molar-refractivity contribution in [1.29, 1.82) is 0 Å². The molecule has 2 rings (SSSR count). The lowest BCUT2D eigenvalue weighted by Gasteiger charge is -2.33. The molecule has 2 N–H and O–H groups in total. The molecule has 0 aliphatic carbocycles. The lowest BCUT2D eigenvalue weighted by Crippen LogP contribution is -2.48. The fourth-order valence-electron chi connectivity index (χ4n) is 1.99. The van der Waals surface area contributed by atoms with Gasteiger partial charge in [0.2, 0.25) is 5.91 Å². The number of likely N-dealkylation sites (N-methyl/N-ethyl adjacent to an activating group) is 1. The molecule has 2 heterocycles. The molecule has 1 amide bonds. The average molecular weight is 248 g/mol. The molecule has 0 aromatic carbocycles. The first-order chi connectivity index (χ1) is 8.61. The van der Waals surface area contributed by atoms with Gasteiger partial charge >= 0.3 is 0 Å². The van der Waals surface area contributed by atoms with Crippen LogP contribution < -0.4 is 10.6 Å². The van der Waals surface area contributed by atoms with E-state index in [1.807, 2.05) is 32.3 Å². The molecular weight excluding hydrogens is 228 g/mol. The number of carbonyl (C=O) groups is 1. The van der Waals surface area contributed by atoms with Crippen molar-refractivity contribution in [2.24, 2.45) is 5.73 Å². The summed E-state index contributed by atoms with van der Waals surface area (Å²) in [4.78, 5) is 19.8. The zero-order chi connectivity index (χ0) is 13.1. The molecule has 1 aromatic rings. The summed E-state index contributed by atoms with van der Waals surface area (Å²) in [6.07, 6.45) is 2.68. The molecule has 1 aliphatic rings. The minimum Gasteiger partial charge on any atom is -0.359 e. The Hall–Kier alpha value is -1.62. The Morgan fingerprint density at radius 1 is 1.44 bits per heavy atom. The Kier molecular flexibility index (Phi) is 3.81. The van der Waals surface area contributed by atoms with E-state index in [1.165, 1.54) is 0 Å². The highest BCUT2D eigenvalue weighted by molar-refractivity contribution is 5.82. The van der Waals surface area contributed by atoms with Crippen LogP contribution in [0, 0.1) is 0 Å². The first kappa shape index (κ1) is 12.8. The van der Waals surface area contributed by atoms with Crippen LogP contribution in [0.2, 0.25) is 0 Å². The molecule has 1 aliphatic heterocycles. The predicted octanol–water partition coefficient (Wildman–Crippen LogP) is 0.770. The first-order valence-electron chi connectivity index (χ1n) is 6.32. The molecule has 1 aromatic heterocycles. The van der Waals surface area contributed by atoms with E-state index in [-0.39, 0.29) is 11.9 Å². The van der Waals surface area contributed by atoms with Crippen LogP contribution in [0.25, 0.3) is 0 Å². The third-order valence-corrected chi connectivity index (χ3v) is 3.41. The van der Waals surface area contributed by atoms with Gasteiger partial charge in [0.1, 0.15) is 0 Å². The van der Waals surface area contributed by atoms with Gasteiger partial charge in [-0.25, -0.2) is 0 Å². The third kappa shape index (κ3) is 2.61. The maximum atomic E-state index is 11.6. The van der Waals surface area contributed by atoms with Crippen LogP contribution in [0.5, 0.6) is 0 Å². The third-order valence-electron chi connectivity index (χ3n) is 3.41. The number of nitrogens with two attached hydrogens (primary N) is 1. The highest BCUT2D eigenvalue weighted by atomic mass is 16.2. The highest BCUT2D eigenvalue weighted by Crippen LogP contribution is 2.18. The number of pyridine rings is 1. The topological polar surface area (TPSA) is 62.5 Å². The van der Waals surface area contributed by atoms with Crippen LogP contribution in [0.15, 0.2) is 18.3 Å². The van der Waals surface area contributed by atoms with Gasteiger partial charge in [-0.05, 0) is 18.6 Å². The van der Waals surface area contributed by atoms with Crippen LogP contribution in [0.3, 0.4) is 0 Å². The van der Waals surface area contributed by atoms with Gasteiger partial charge in [0.25, 0.3) is 0 Å². The SMILES string of the molecule is CC[C@@H](N)c1ccc(N2CCN(C)C(=O)C2)cn1. The fourth-order valence-corrected chi connectivity index (χ4v) is 1.99. The summed E-state index contributed by atoms with van der Waals surface area (Å²) in [6, 6.07) is 3.94. The second-order valence-electron chi connectivity index (χ2n) is 4.69. The predicted molar refractivity (Wildman–Crippen MR) is 71.3 cm³/mol. The van der Waals surface area contributed by atoms with Crippen LogP contribution in [-0.2, 0) is 4.79 Å². The standard InChI is InChI=1S/C13H20N4O/c1-3-11(14)12-5-4-10(8-15-12)17-7-6-16(2)13(18)9-17/h4-5,8,11H,3,6-7,9,14H2,1-2H3/t11-/m1/s1. The molecule has 0 radical (unpaired) electrons. The molecular formula is C13H20N4O. The molecule has 18 heavy (non-hydrogen) atoms. The maximum absolute atomic E-state index is 11.6. The average Bonchev–Trinajstić information content (AvgIpc) is 2.41. The van der Waals surface area contributed by atoms with Gasteiger partial charge in [0, 0.05) is 26.2 Å². The zero-order valence-electron chi connectivity index (χ0n) is 11.0. The molecule has 1 fully saturated rings. The summed E-state index contributed by atoms with van der Waals surface area (Å²) in [7, 11) is 1.83. The molecule has 98 valence electrons. The lowest BCUT2D eigenvalue weighted by atomic mass is 10.1. The van der Waals surface area contributed by atoms with E-state index in [2.05, 4.69) is 9.88 Å². The minimum absolute atomic E-state index is 0.00632. The van der Waals surface area contributed by atoms with Crippen LogP contribution in [0.4, 0.5) is 5.69 Å². The van der Waals surface area contributed by atoms with E-state index in [0.717, 1.165) is 30.9 Å². The Morgan fingerprint density at radius 2 is 2.22 bits per heavy atom. The zero-order valence-corrected chi connectivity index (χ0v) is 11.0. The van der Waals surface area contributed by atoms with Crippen molar-refractivity contribution >= 4 is 11.6 Å². The van der Waals surface area contributed by atoms with E-state index in [0.29, 0.717) is 6.54 Å². The maximum Gasteiger partial charge on any atom is 0.241 e. The van der Waals surface area contributed by atoms with E-state index in [4.69, 9.17) is 5.73 Å². The van der Waals surface area contributed by atoms with Crippen molar-refractivity contribution in [1.82, 2.24) is 9.88 Å². The van der Waals surface area contributed by atoms with Gasteiger partial charge in [-0.3, -0.25) is 9.78 Å². The lowest BCUT2D eigenvalue weighted by molar-refractivity contribution is -0.129. The molecule has 5 nitrogen and oxygen atoms in total. The number of hydrogen-bond donors (Lipinski definition) is 1. The molecule has 0 bridgehead atoms. The molecule has 0 spiro atoms. The summed E-state index contributed by atoms with van der Waals surface area (Å²) in [6.45, 7) is 4.08. The van der Waals surface area contributed by atoms with E-state index in [1.54, 1.807) is 4.90 Å². The number of carbonyl (C=O) groups excluding carboxylic acids is 1. The summed E-state index contributed by atoms with van der Waals surface area (Å²) >= 11 is 0. The van der Waals surface area contributed by atoms with Crippen LogP contribution in [-0.4, -0.2) is 42.5 Å². The number of rotatable bonds is 3. The van der Waals surface area contributed by atoms with Crippen molar-refractivity contribution in [2.45, 2.75) is 19.4 Å². The van der Waals surface area contributed by atoms with Gasteiger partial charge in [-0.2, -0.15) is 0 Å². The molecule has 1 saturated heterocycles. The largest absolute Gasteiger partial charge is 0.359 e. The summed E-state index contributed by atoms with van der Waals surface area (Å²) in [5, 5.41) is 0. The summed E-state index contributed by atoms with van der Waals surface area (Å²) in [5.41, 5.74) is 7.82. The Balaban J connectivity index is 2.08. The van der Waals surface area contributed by atoms with Gasteiger partial charge in [0.15, 0.2) is 0 Å². The highest BCUT2D eigenvalue weighted by Gasteiger charge is 2.21. The number of piperazine rings is 1. The normalized spacial score (nSPS) is 18.1. The summed E-state index contributed by atoms with van der Waals surface area (Å²) < 4.78 is 0. The second-order valence-corrected chi connectivity index (χ2v) is 4.69. The van der Waals surface area contributed by atoms with Crippen LogP contribution >= 0.6 is 0 Å². The molecule has 1 atom stereocenters. The van der Waals surface area contributed by atoms with Crippen molar-refractivity contribution in [2.75, 3.05) is 31.6 Å². The monoisotopic (exact) mass is 248 g/mol. The Bertz CT molecular complexity index is 418. The minimum atomic E-state index is -0.00632. The smallest absolute Gasteiger partial charge is 0.241 e. The number of amides is 1. The second kappa shape index (κ2) is 5.35. The molecule has 5 heteroatoms. The number of anilines is 1. The number of nitrogens with zero attached hydrogens (tertiary/aromatic N) is 3. The molecule has 0 unspecified atom stereocenters. The first-order valence-corrected chi connectivity index (χ1v) is 6.32. The Morgan fingerprint density at radius 3 is 2.78 bits per heavy atom. The Labute approximate surface area is 108 Å². The van der Waals surface area contributed by atoms with Gasteiger partial charge in [-0.1, -0.05) is 6.92 Å². The number of hydrogen-bond acceptors (Lipinski definition) is 4.